The van der Waals surface area contributed by atoms with Crippen molar-refractivity contribution < 1.29 is 89.1 Å². The van der Waals surface area contributed by atoms with Gasteiger partial charge in [0.05, 0.1) is 50.1 Å². The second-order valence-corrected chi connectivity index (χ2v) is 8.14. The van der Waals surface area contributed by atoms with E-state index in [0.29, 0.717) is 0 Å². The van der Waals surface area contributed by atoms with Crippen LogP contribution in [-0.2, 0) is 0 Å². The molecule has 0 heterocycles. The fourth-order valence-electron chi connectivity index (χ4n) is 2.99. The molecular weight excluding hydrogens is 719 g/mol. The number of carboxylic acids is 9. The second kappa shape index (κ2) is 20.0. The Hall–Kier alpha value is -6.24. The van der Waals surface area contributed by atoms with E-state index in [2.05, 4.69) is 0 Å². The van der Waals surface area contributed by atoms with Gasteiger partial charge in [-0.1, -0.05) is 0 Å². The molecule has 258 valence electrons. The molecule has 0 bridgehead atoms. The molecule has 0 saturated heterocycles. The maximum Gasteiger partial charge on any atom is 0.335 e. The number of carbonyl (C=O) groups is 9. The van der Waals surface area contributed by atoms with Gasteiger partial charge in [-0.3, -0.25) is 0 Å². The van der Waals surface area contributed by atoms with Gasteiger partial charge in [-0.15, -0.1) is 37.2 Å². The first-order chi connectivity index (χ1) is 20.7. The number of benzene rings is 3. The highest BCUT2D eigenvalue weighted by Gasteiger charge is 2.16. The maximum atomic E-state index is 10.6. The van der Waals surface area contributed by atoms with E-state index in [9.17, 15) is 43.2 Å². The molecule has 0 aromatic heterocycles. The van der Waals surface area contributed by atoms with Crippen LogP contribution in [0.1, 0.15) is 93.2 Å². The molecule has 18 nitrogen and oxygen atoms in total. The van der Waals surface area contributed by atoms with Crippen molar-refractivity contribution in [3.63, 3.8) is 0 Å². The van der Waals surface area contributed by atoms with Gasteiger partial charge in [-0.25, -0.2) is 43.2 Å². The molecule has 0 fully saturated rings. The molecule has 0 radical (unpaired) electrons. The predicted molar refractivity (Wildman–Crippen MR) is 164 cm³/mol. The molecule has 9 N–H and O–H groups in total. The number of aromatic carboxylic acids is 9. The molecule has 48 heavy (non-hydrogen) atoms. The molecule has 21 heteroatoms. The Labute approximate surface area is 284 Å². The highest BCUT2D eigenvalue weighted by molar-refractivity contribution is 6.01. The summed E-state index contributed by atoms with van der Waals surface area (Å²) in [6.45, 7) is 0. The lowest BCUT2D eigenvalue weighted by Gasteiger charge is -2.00. The van der Waals surface area contributed by atoms with Gasteiger partial charge in [0, 0.05) is 0 Å². The van der Waals surface area contributed by atoms with Crippen molar-refractivity contribution in [2.45, 2.75) is 0 Å². The molecule has 3 aromatic carbocycles. The van der Waals surface area contributed by atoms with Crippen LogP contribution in [0.25, 0.3) is 0 Å². The lowest BCUT2D eigenvalue weighted by atomic mass is 10.1. The van der Waals surface area contributed by atoms with Crippen LogP contribution in [0.3, 0.4) is 0 Å². The Bertz CT molecular complexity index is 1330. The molecule has 0 spiro atoms. The molecule has 0 unspecified atom stereocenters. The number of hydrogen-bond acceptors (Lipinski definition) is 9. The van der Waals surface area contributed by atoms with Crippen LogP contribution in [0.15, 0.2) is 54.6 Å². The summed E-state index contributed by atoms with van der Waals surface area (Å²) in [7, 11) is 0. The highest BCUT2D eigenvalue weighted by Crippen LogP contribution is 2.13. The summed E-state index contributed by atoms with van der Waals surface area (Å²) in [5, 5.41) is 77.5. The average molecular weight is 740 g/mol. The van der Waals surface area contributed by atoms with Crippen molar-refractivity contribution >= 4 is 90.9 Å². The predicted octanol–water partition coefficient (Wildman–Crippen LogP) is 3.61. The van der Waals surface area contributed by atoms with Crippen LogP contribution in [0.2, 0.25) is 0 Å². The molecule has 3 aromatic rings. The van der Waals surface area contributed by atoms with E-state index in [0.717, 1.165) is 54.6 Å². The van der Waals surface area contributed by atoms with Gasteiger partial charge in [-0.05, 0) is 54.6 Å². The van der Waals surface area contributed by atoms with E-state index in [1.807, 2.05) is 0 Å². The minimum absolute atomic E-state index is 0. The standard InChI is InChI=1S/3C9H6O6.3ClH/c3*10-7(11)4-1-5(8(12)13)3-6(2-4)9(14)15;;;/h3*1-3H,(H,10,11)(H,12,13)(H,14,15);3*1H. The first-order valence-electron chi connectivity index (χ1n) is 11.3. The molecule has 0 aliphatic heterocycles. The van der Waals surface area contributed by atoms with Gasteiger partial charge in [0.2, 0.25) is 0 Å². The Kier molecular flexibility index (Phi) is 19.2. The van der Waals surface area contributed by atoms with Crippen molar-refractivity contribution in [3.8, 4) is 0 Å². The lowest BCUT2D eigenvalue weighted by molar-refractivity contribution is 0.0666. The number of carboxylic acid groups (broad SMARTS) is 9. The van der Waals surface area contributed by atoms with Crippen LogP contribution >= 0.6 is 37.2 Å². The molecule has 0 aliphatic rings. The van der Waals surface area contributed by atoms with Crippen LogP contribution in [0, 0.1) is 0 Å². The van der Waals surface area contributed by atoms with Crippen LogP contribution in [-0.4, -0.2) is 99.7 Å². The SMILES string of the molecule is Cl.Cl.Cl.O=C(O)c1cc(C(=O)O)cc(C(=O)O)c1.O=C(O)c1cc(C(=O)O)cc(C(=O)O)c1.O=C(O)c1cc(C(=O)O)cc(C(=O)O)c1. The normalized spacial score (nSPS) is 9.00. The van der Waals surface area contributed by atoms with Crippen LogP contribution < -0.4 is 0 Å². The van der Waals surface area contributed by atoms with E-state index in [1.54, 1.807) is 0 Å². The van der Waals surface area contributed by atoms with Crippen molar-refractivity contribution in [1.82, 2.24) is 0 Å². The summed E-state index contributed by atoms with van der Waals surface area (Å²) >= 11 is 0. The summed E-state index contributed by atoms with van der Waals surface area (Å²) in [5.74, 6) is -12.4. The fourth-order valence-corrected chi connectivity index (χ4v) is 2.99. The van der Waals surface area contributed by atoms with Crippen molar-refractivity contribution in [3.05, 3.63) is 105 Å². The molecule has 0 aliphatic carbocycles. The van der Waals surface area contributed by atoms with Crippen LogP contribution in [0.4, 0.5) is 0 Å². The van der Waals surface area contributed by atoms with Gasteiger partial charge in [0.1, 0.15) is 0 Å². The van der Waals surface area contributed by atoms with Crippen molar-refractivity contribution in [2.24, 2.45) is 0 Å². The fraction of sp³-hybridized carbons (Fsp3) is 0. The maximum absolute atomic E-state index is 10.6. The molecule has 3 rings (SSSR count). The summed E-state index contributed by atoms with van der Waals surface area (Å²) in [5.41, 5.74) is -3.31. The summed E-state index contributed by atoms with van der Waals surface area (Å²) in [4.78, 5) is 95.1. The van der Waals surface area contributed by atoms with Crippen molar-refractivity contribution in [2.75, 3.05) is 0 Å². The Morgan fingerprint density at radius 2 is 0.292 bits per heavy atom. The number of rotatable bonds is 9. The third-order valence-corrected chi connectivity index (χ3v) is 5.02. The van der Waals surface area contributed by atoms with Crippen molar-refractivity contribution in [1.29, 1.82) is 0 Å². The van der Waals surface area contributed by atoms with E-state index in [4.69, 9.17) is 46.0 Å². The van der Waals surface area contributed by atoms with Crippen LogP contribution in [0.5, 0.6) is 0 Å². The third-order valence-electron chi connectivity index (χ3n) is 5.02. The molecular formula is C27H21Cl3O18. The molecule has 0 atom stereocenters. The van der Waals surface area contributed by atoms with E-state index >= 15 is 0 Å². The lowest BCUT2D eigenvalue weighted by Crippen LogP contribution is -2.07. The topological polar surface area (TPSA) is 336 Å². The number of hydrogen-bond donors (Lipinski definition) is 9. The van der Waals surface area contributed by atoms with E-state index in [-0.39, 0.29) is 87.3 Å². The Morgan fingerprint density at radius 3 is 0.333 bits per heavy atom. The largest absolute Gasteiger partial charge is 0.478 e. The zero-order valence-corrected chi connectivity index (χ0v) is 25.6. The Morgan fingerprint density at radius 1 is 0.229 bits per heavy atom. The zero-order chi connectivity index (χ0) is 34.8. The second-order valence-electron chi connectivity index (χ2n) is 8.14. The van der Waals surface area contributed by atoms with E-state index in [1.165, 1.54) is 0 Å². The minimum atomic E-state index is -1.37. The Balaban J connectivity index is -0.000000614. The molecule has 0 amide bonds. The quantitative estimate of drug-likeness (QED) is 0.151. The smallest absolute Gasteiger partial charge is 0.335 e. The van der Waals surface area contributed by atoms with Gasteiger partial charge < -0.3 is 46.0 Å². The highest BCUT2D eigenvalue weighted by atomic mass is 35.5. The summed E-state index contributed by atoms with van der Waals surface area (Å²) in [6.07, 6.45) is 0. The monoisotopic (exact) mass is 738 g/mol. The zero-order valence-electron chi connectivity index (χ0n) is 23.1. The van der Waals surface area contributed by atoms with Gasteiger partial charge in [-0.2, -0.15) is 0 Å². The van der Waals surface area contributed by atoms with Gasteiger partial charge in [0.25, 0.3) is 0 Å². The summed E-state index contributed by atoms with van der Waals surface area (Å²) < 4.78 is 0. The van der Waals surface area contributed by atoms with Gasteiger partial charge >= 0.3 is 53.7 Å². The minimum Gasteiger partial charge on any atom is -0.478 e. The van der Waals surface area contributed by atoms with Gasteiger partial charge in [0.15, 0.2) is 0 Å². The first kappa shape index (κ1) is 46.2. The molecule has 0 saturated carbocycles. The summed E-state index contributed by atoms with van der Waals surface area (Å²) in [6, 6.07) is 8.10. The first-order valence-corrected chi connectivity index (χ1v) is 11.3. The average Bonchev–Trinajstić information content (AvgIpc) is 2.96. The van der Waals surface area contributed by atoms with E-state index < -0.39 is 53.7 Å². The number of halogens is 3. The third kappa shape index (κ3) is 13.8.